The molecule has 1 aromatic carbocycles. The molecule has 0 spiro atoms. The predicted octanol–water partition coefficient (Wildman–Crippen LogP) is 2.17. The fourth-order valence-corrected chi connectivity index (χ4v) is 1.89. The zero-order valence-corrected chi connectivity index (χ0v) is 12.3. The van der Waals surface area contributed by atoms with Crippen LogP contribution in [0.2, 0.25) is 0 Å². The van der Waals surface area contributed by atoms with Crippen LogP contribution in [0.25, 0.3) is 0 Å². The van der Waals surface area contributed by atoms with Gasteiger partial charge in [-0.2, -0.15) is 0 Å². The predicted molar refractivity (Wildman–Crippen MR) is 80.0 cm³/mol. The van der Waals surface area contributed by atoms with Gasteiger partial charge in [0.05, 0.1) is 26.4 Å². The average molecular weight is 291 g/mol. The molecule has 1 heterocycles. The molecule has 1 amide bonds. The molecule has 21 heavy (non-hydrogen) atoms. The normalized spacial score (nSPS) is 13.4. The molecule has 0 fully saturated rings. The lowest BCUT2D eigenvalue weighted by Crippen LogP contribution is -2.27. The summed E-state index contributed by atoms with van der Waals surface area (Å²) in [6.45, 7) is 8.32. The third-order valence-corrected chi connectivity index (χ3v) is 2.89. The van der Waals surface area contributed by atoms with Crippen molar-refractivity contribution in [2.75, 3.05) is 33.0 Å². The maximum absolute atomic E-state index is 12.0. The summed E-state index contributed by atoms with van der Waals surface area (Å²) in [5, 5.41) is 2.81. The number of fused-ring (bicyclic) bond motifs is 1. The number of benzene rings is 1. The van der Waals surface area contributed by atoms with E-state index in [9.17, 15) is 4.79 Å². The van der Waals surface area contributed by atoms with Gasteiger partial charge >= 0.3 is 0 Å². The van der Waals surface area contributed by atoms with Gasteiger partial charge in [0.1, 0.15) is 0 Å². The van der Waals surface area contributed by atoms with Gasteiger partial charge in [0.2, 0.25) is 0 Å². The number of hydrogen-bond donors (Lipinski definition) is 1. The van der Waals surface area contributed by atoms with Crippen LogP contribution in [-0.2, 0) is 4.74 Å². The Morgan fingerprint density at radius 2 is 2.10 bits per heavy atom. The molecular formula is C16H21NO4. The standard InChI is InChI=1S/C16H21NO4/c1-12(2)11-19-9-6-17-16(18)13-4-5-14-15(10-13)21-8-3-7-20-14/h4-5,10H,1,3,6-9,11H2,2H3,(H,17,18). The molecule has 0 atom stereocenters. The summed E-state index contributed by atoms with van der Waals surface area (Å²) >= 11 is 0. The van der Waals surface area contributed by atoms with E-state index in [0.717, 1.165) is 12.0 Å². The van der Waals surface area contributed by atoms with E-state index in [1.807, 2.05) is 6.92 Å². The fourth-order valence-electron chi connectivity index (χ4n) is 1.89. The minimum atomic E-state index is -0.149. The molecule has 0 unspecified atom stereocenters. The molecule has 1 aromatic rings. The minimum absolute atomic E-state index is 0.149. The Morgan fingerprint density at radius 3 is 2.86 bits per heavy atom. The van der Waals surface area contributed by atoms with Crippen LogP contribution in [-0.4, -0.2) is 38.9 Å². The molecular weight excluding hydrogens is 270 g/mol. The van der Waals surface area contributed by atoms with Crippen LogP contribution < -0.4 is 14.8 Å². The summed E-state index contributed by atoms with van der Waals surface area (Å²) in [7, 11) is 0. The van der Waals surface area contributed by atoms with Gasteiger partial charge in [-0.15, -0.1) is 0 Å². The number of carbonyl (C=O) groups is 1. The molecule has 5 nitrogen and oxygen atoms in total. The maximum atomic E-state index is 12.0. The van der Waals surface area contributed by atoms with Crippen LogP contribution in [0.3, 0.4) is 0 Å². The van der Waals surface area contributed by atoms with Crippen molar-refractivity contribution in [2.24, 2.45) is 0 Å². The van der Waals surface area contributed by atoms with Gasteiger partial charge in [-0.25, -0.2) is 0 Å². The van der Waals surface area contributed by atoms with E-state index >= 15 is 0 Å². The molecule has 0 bridgehead atoms. The number of ether oxygens (including phenoxy) is 3. The smallest absolute Gasteiger partial charge is 0.251 e. The molecule has 1 aliphatic heterocycles. The van der Waals surface area contributed by atoms with Crippen LogP contribution in [0, 0.1) is 0 Å². The molecule has 0 aromatic heterocycles. The molecule has 0 aliphatic carbocycles. The largest absolute Gasteiger partial charge is 0.490 e. The Labute approximate surface area is 124 Å². The number of amides is 1. The number of nitrogens with one attached hydrogen (secondary N) is 1. The van der Waals surface area contributed by atoms with E-state index in [1.54, 1.807) is 18.2 Å². The molecule has 0 saturated carbocycles. The van der Waals surface area contributed by atoms with Crippen molar-refractivity contribution in [2.45, 2.75) is 13.3 Å². The second-order valence-electron chi connectivity index (χ2n) is 4.98. The Morgan fingerprint density at radius 1 is 1.33 bits per heavy atom. The second-order valence-corrected chi connectivity index (χ2v) is 4.98. The molecule has 0 saturated heterocycles. The molecule has 0 radical (unpaired) electrons. The van der Waals surface area contributed by atoms with Crippen molar-refractivity contribution in [3.8, 4) is 11.5 Å². The third kappa shape index (κ3) is 4.79. The topological polar surface area (TPSA) is 56.8 Å². The first-order valence-electron chi connectivity index (χ1n) is 7.07. The number of rotatable bonds is 6. The summed E-state index contributed by atoms with van der Waals surface area (Å²) in [6, 6.07) is 5.22. The van der Waals surface area contributed by atoms with Crippen LogP contribution in [0.4, 0.5) is 0 Å². The highest BCUT2D eigenvalue weighted by Crippen LogP contribution is 2.30. The summed E-state index contributed by atoms with van der Waals surface area (Å²) in [5.74, 6) is 1.16. The van der Waals surface area contributed by atoms with Gasteiger partial charge in [0.25, 0.3) is 5.91 Å². The molecule has 5 heteroatoms. The Balaban J connectivity index is 1.85. The van der Waals surface area contributed by atoms with E-state index in [1.165, 1.54) is 0 Å². The van der Waals surface area contributed by atoms with Gasteiger partial charge < -0.3 is 19.5 Å². The fraction of sp³-hybridized carbons (Fsp3) is 0.438. The minimum Gasteiger partial charge on any atom is -0.490 e. The van der Waals surface area contributed by atoms with Crippen molar-refractivity contribution < 1.29 is 19.0 Å². The Bertz CT molecular complexity index is 513. The first kappa shape index (κ1) is 15.4. The van der Waals surface area contributed by atoms with E-state index < -0.39 is 0 Å². The van der Waals surface area contributed by atoms with E-state index in [0.29, 0.717) is 50.0 Å². The molecule has 1 N–H and O–H groups in total. The van der Waals surface area contributed by atoms with E-state index in [-0.39, 0.29) is 5.91 Å². The Hall–Kier alpha value is -2.01. The lowest BCUT2D eigenvalue weighted by Gasteiger charge is -2.10. The highest BCUT2D eigenvalue weighted by atomic mass is 16.5. The monoisotopic (exact) mass is 291 g/mol. The first-order valence-corrected chi connectivity index (χ1v) is 7.07. The van der Waals surface area contributed by atoms with Gasteiger partial charge in [0, 0.05) is 18.5 Å². The van der Waals surface area contributed by atoms with Gasteiger partial charge in [-0.05, 0) is 25.1 Å². The van der Waals surface area contributed by atoms with Crippen molar-refractivity contribution >= 4 is 5.91 Å². The van der Waals surface area contributed by atoms with Crippen LogP contribution >= 0.6 is 0 Å². The van der Waals surface area contributed by atoms with E-state index in [2.05, 4.69) is 11.9 Å². The van der Waals surface area contributed by atoms with Crippen LogP contribution in [0.15, 0.2) is 30.4 Å². The summed E-state index contributed by atoms with van der Waals surface area (Å²) in [6.07, 6.45) is 0.844. The maximum Gasteiger partial charge on any atom is 0.251 e. The third-order valence-electron chi connectivity index (χ3n) is 2.89. The molecule has 114 valence electrons. The van der Waals surface area contributed by atoms with E-state index in [4.69, 9.17) is 14.2 Å². The van der Waals surface area contributed by atoms with Crippen LogP contribution in [0.1, 0.15) is 23.7 Å². The van der Waals surface area contributed by atoms with Crippen LogP contribution in [0.5, 0.6) is 11.5 Å². The Kier molecular flexibility index (Phi) is 5.63. The van der Waals surface area contributed by atoms with Crippen molar-refractivity contribution in [1.82, 2.24) is 5.32 Å². The molecule has 1 aliphatic rings. The lowest BCUT2D eigenvalue weighted by molar-refractivity contribution is 0.0926. The number of carbonyl (C=O) groups excluding carboxylic acids is 1. The summed E-state index contributed by atoms with van der Waals surface area (Å²) < 4.78 is 16.4. The molecule has 2 rings (SSSR count). The second kappa shape index (κ2) is 7.69. The number of hydrogen-bond acceptors (Lipinski definition) is 4. The van der Waals surface area contributed by atoms with Crippen molar-refractivity contribution in [1.29, 1.82) is 0 Å². The SMILES string of the molecule is C=C(C)COCCNC(=O)c1ccc2c(c1)OCCCO2. The van der Waals surface area contributed by atoms with Gasteiger partial charge in [0.15, 0.2) is 11.5 Å². The first-order chi connectivity index (χ1) is 10.2. The lowest BCUT2D eigenvalue weighted by atomic mass is 10.2. The zero-order chi connectivity index (χ0) is 15.1. The quantitative estimate of drug-likeness (QED) is 0.644. The highest BCUT2D eigenvalue weighted by Gasteiger charge is 2.13. The van der Waals surface area contributed by atoms with Gasteiger partial charge in [-0.1, -0.05) is 12.2 Å². The average Bonchev–Trinajstić information content (AvgIpc) is 2.70. The summed E-state index contributed by atoms with van der Waals surface area (Å²) in [5.41, 5.74) is 1.52. The van der Waals surface area contributed by atoms with Gasteiger partial charge in [-0.3, -0.25) is 4.79 Å². The highest BCUT2D eigenvalue weighted by molar-refractivity contribution is 5.94. The van der Waals surface area contributed by atoms with Crippen molar-refractivity contribution in [3.05, 3.63) is 35.9 Å². The van der Waals surface area contributed by atoms with Crippen molar-refractivity contribution in [3.63, 3.8) is 0 Å². The summed E-state index contributed by atoms with van der Waals surface area (Å²) in [4.78, 5) is 12.0. The zero-order valence-electron chi connectivity index (χ0n) is 12.3.